The Morgan fingerprint density at radius 1 is 1.41 bits per heavy atom. The fraction of sp³-hybridized carbons (Fsp3) is 0.118. The molecule has 2 aromatic rings. The van der Waals surface area contributed by atoms with Crippen LogP contribution in [-0.4, -0.2) is 15.9 Å². The van der Waals surface area contributed by atoms with Gasteiger partial charge < -0.3 is 5.11 Å². The first-order valence-corrected chi connectivity index (χ1v) is 6.66. The van der Waals surface area contributed by atoms with E-state index in [9.17, 15) is 15.2 Å². The van der Waals surface area contributed by atoms with E-state index in [0.717, 1.165) is 4.57 Å². The third-order valence-corrected chi connectivity index (χ3v) is 3.26. The largest absolute Gasteiger partial charge is 0.494 e. The summed E-state index contributed by atoms with van der Waals surface area (Å²) in [5.41, 5.74) is 0.927. The Balaban J connectivity index is 2.63. The average molecular weight is 293 g/mol. The number of nitrogens with zero attached hydrogens (tertiary/aromatic N) is 3. The Morgan fingerprint density at radius 2 is 2.09 bits per heavy atom. The van der Waals surface area contributed by atoms with Crippen molar-refractivity contribution in [1.29, 1.82) is 5.26 Å². The molecule has 2 rings (SSSR count). The van der Waals surface area contributed by atoms with Crippen LogP contribution in [0.3, 0.4) is 0 Å². The molecule has 1 aromatic heterocycles. The lowest BCUT2D eigenvalue weighted by atomic mass is 10.1. The quantitative estimate of drug-likeness (QED) is 0.695. The highest BCUT2D eigenvalue weighted by Crippen LogP contribution is 2.21. The van der Waals surface area contributed by atoms with Crippen LogP contribution in [0.15, 0.2) is 52.8 Å². The van der Waals surface area contributed by atoms with E-state index < -0.39 is 5.56 Å². The van der Waals surface area contributed by atoms with E-state index in [-0.39, 0.29) is 18.0 Å². The Kier molecular flexibility index (Phi) is 4.54. The Labute approximate surface area is 128 Å². The summed E-state index contributed by atoms with van der Waals surface area (Å²) in [4.78, 5) is 16.4. The molecule has 0 saturated heterocycles. The maximum absolute atomic E-state index is 12.1. The van der Waals surface area contributed by atoms with Crippen molar-refractivity contribution in [3.05, 3.63) is 70.0 Å². The maximum Gasteiger partial charge on any atom is 0.271 e. The van der Waals surface area contributed by atoms with Crippen LogP contribution >= 0.6 is 0 Å². The smallest absolute Gasteiger partial charge is 0.271 e. The van der Waals surface area contributed by atoms with Crippen LogP contribution in [0.25, 0.3) is 0 Å². The highest BCUT2D eigenvalue weighted by Gasteiger charge is 2.17. The van der Waals surface area contributed by atoms with Gasteiger partial charge in [-0.3, -0.25) is 14.4 Å². The second kappa shape index (κ2) is 6.55. The van der Waals surface area contributed by atoms with Gasteiger partial charge in [-0.1, -0.05) is 24.3 Å². The van der Waals surface area contributed by atoms with Crippen LogP contribution in [0.5, 0.6) is 5.88 Å². The maximum atomic E-state index is 12.1. The second-order valence-corrected chi connectivity index (χ2v) is 4.65. The van der Waals surface area contributed by atoms with Crippen molar-refractivity contribution in [2.45, 2.75) is 13.5 Å². The van der Waals surface area contributed by atoms with Gasteiger partial charge in [0.15, 0.2) is 0 Å². The van der Waals surface area contributed by atoms with Gasteiger partial charge in [-0.15, -0.1) is 6.58 Å². The minimum atomic E-state index is -0.533. The number of aromatic nitrogens is 1. The van der Waals surface area contributed by atoms with Crippen molar-refractivity contribution in [2.75, 3.05) is 0 Å². The van der Waals surface area contributed by atoms with Gasteiger partial charge in [0, 0.05) is 12.8 Å². The summed E-state index contributed by atoms with van der Waals surface area (Å²) in [6, 6.07) is 11.1. The van der Waals surface area contributed by atoms with Crippen LogP contribution in [-0.2, 0) is 6.54 Å². The van der Waals surface area contributed by atoms with E-state index in [1.54, 1.807) is 6.92 Å². The van der Waals surface area contributed by atoms with Crippen molar-refractivity contribution >= 4 is 11.9 Å². The minimum absolute atomic E-state index is 0.00541. The second-order valence-electron chi connectivity index (χ2n) is 4.65. The molecule has 5 heteroatoms. The molecule has 0 aliphatic carbocycles. The van der Waals surface area contributed by atoms with Crippen molar-refractivity contribution in [1.82, 2.24) is 4.57 Å². The van der Waals surface area contributed by atoms with Gasteiger partial charge in [-0.2, -0.15) is 5.26 Å². The average Bonchev–Trinajstić information content (AvgIpc) is 2.53. The van der Waals surface area contributed by atoms with E-state index in [0.29, 0.717) is 16.8 Å². The zero-order valence-corrected chi connectivity index (χ0v) is 12.2. The number of pyridine rings is 1. The van der Waals surface area contributed by atoms with Crippen molar-refractivity contribution < 1.29 is 5.11 Å². The molecule has 5 nitrogen and oxygen atoms in total. The zero-order chi connectivity index (χ0) is 16.1. The summed E-state index contributed by atoms with van der Waals surface area (Å²) in [5, 5.41) is 19.5. The molecule has 1 N–H and O–H groups in total. The predicted molar refractivity (Wildman–Crippen MR) is 85.7 cm³/mol. The SMILES string of the molecule is C=CCn1c(O)c(C=Nc2ccccc2)c(C)c(C#N)c1=O. The van der Waals surface area contributed by atoms with Gasteiger partial charge >= 0.3 is 0 Å². The van der Waals surface area contributed by atoms with E-state index in [1.165, 1.54) is 12.3 Å². The molecule has 0 fully saturated rings. The normalized spacial score (nSPS) is 10.5. The molecule has 1 aromatic carbocycles. The summed E-state index contributed by atoms with van der Waals surface area (Å²) in [6.45, 7) is 5.28. The van der Waals surface area contributed by atoms with Gasteiger partial charge in [0.2, 0.25) is 5.88 Å². The van der Waals surface area contributed by atoms with Gasteiger partial charge in [0.05, 0.1) is 11.3 Å². The fourth-order valence-electron chi connectivity index (χ4n) is 2.08. The molecule has 0 amide bonds. The number of benzene rings is 1. The van der Waals surface area contributed by atoms with Gasteiger partial charge in [0.25, 0.3) is 5.56 Å². The third-order valence-electron chi connectivity index (χ3n) is 3.26. The van der Waals surface area contributed by atoms with Gasteiger partial charge in [0.1, 0.15) is 11.6 Å². The first-order chi connectivity index (χ1) is 10.6. The number of aliphatic imine (C=N–C) groups is 1. The van der Waals surface area contributed by atoms with E-state index >= 15 is 0 Å². The molecule has 0 spiro atoms. The van der Waals surface area contributed by atoms with E-state index in [4.69, 9.17) is 0 Å². The lowest BCUT2D eigenvalue weighted by molar-refractivity contribution is 0.414. The van der Waals surface area contributed by atoms with E-state index in [2.05, 4.69) is 11.6 Å². The Bertz CT molecular complexity index is 828. The van der Waals surface area contributed by atoms with Crippen LogP contribution < -0.4 is 5.56 Å². The summed E-state index contributed by atoms with van der Waals surface area (Å²) in [5.74, 6) is -0.221. The number of allylic oxidation sites excluding steroid dienone is 1. The molecule has 22 heavy (non-hydrogen) atoms. The highest BCUT2D eigenvalue weighted by atomic mass is 16.3. The minimum Gasteiger partial charge on any atom is -0.494 e. The van der Waals surface area contributed by atoms with Crippen molar-refractivity contribution in [3.8, 4) is 11.9 Å². The molecule has 110 valence electrons. The summed E-state index contributed by atoms with van der Waals surface area (Å²) >= 11 is 0. The van der Waals surface area contributed by atoms with Crippen LogP contribution in [0.2, 0.25) is 0 Å². The van der Waals surface area contributed by atoms with Crippen LogP contribution in [0.4, 0.5) is 5.69 Å². The molecule has 0 atom stereocenters. The Morgan fingerprint density at radius 3 is 2.68 bits per heavy atom. The van der Waals surface area contributed by atoms with Gasteiger partial charge in [-0.05, 0) is 24.6 Å². The lowest BCUT2D eigenvalue weighted by Crippen LogP contribution is -2.24. The zero-order valence-electron chi connectivity index (χ0n) is 12.2. The number of hydrogen-bond acceptors (Lipinski definition) is 4. The standard InChI is InChI=1S/C17H15N3O2/c1-3-9-20-16(21)14(10-18)12(2)15(17(20)22)11-19-13-7-5-4-6-8-13/h3-8,11,22H,1,9H2,2H3. The number of aromatic hydroxyl groups is 1. The number of nitriles is 1. The lowest BCUT2D eigenvalue weighted by Gasteiger charge is -2.12. The highest BCUT2D eigenvalue weighted by molar-refractivity contribution is 5.87. The molecular weight excluding hydrogens is 278 g/mol. The first-order valence-electron chi connectivity index (χ1n) is 6.66. The van der Waals surface area contributed by atoms with Crippen LogP contribution in [0, 0.1) is 18.3 Å². The summed E-state index contributed by atoms with van der Waals surface area (Å²) in [6.07, 6.45) is 2.94. The molecule has 0 aliphatic heterocycles. The number of para-hydroxylation sites is 1. The third kappa shape index (κ3) is 2.81. The molecule has 0 saturated carbocycles. The predicted octanol–water partition coefficient (Wildman–Crippen LogP) is 2.67. The molecule has 0 unspecified atom stereocenters. The summed E-state index contributed by atoms with van der Waals surface area (Å²) in [7, 11) is 0. The molecular formula is C17H15N3O2. The molecule has 1 heterocycles. The Hall–Kier alpha value is -3.13. The topological polar surface area (TPSA) is 78.4 Å². The molecule has 0 bridgehead atoms. The molecule has 0 radical (unpaired) electrons. The fourth-order valence-corrected chi connectivity index (χ4v) is 2.08. The van der Waals surface area contributed by atoms with Crippen LogP contribution in [0.1, 0.15) is 16.7 Å². The molecule has 0 aliphatic rings. The number of hydrogen-bond donors (Lipinski definition) is 1. The van der Waals surface area contributed by atoms with E-state index in [1.807, 2.05) is 36.4 Å². The summed E-state index contributed by atoms with van der Waals surface area (Å²) < 4.78 is 1.10. The van der Waals surface area contributed by atoms with Gasteiger partial charge in [-0.25, -0.2) is 0 Å². The van der Waals surface area contributed by atoms with Crippen molar-refractivity contribution in [3.63, 3.8) is 0 Å². The monoisotopic (exact) mass is 293 g/mol. The first kappa shape index (κ1) is 15.3. The van der Waals surface area contributed by atoms with Crippen molar-refractivity contribution in [2.24, 2.45) is 4.99 Å². The number of rotatable bonds is 4.